The minimum Gasteiger partial charge on any atom is -0.330 e. The molecule has 0 unspecified atom stereocenters. The lowest BCUT2D eigenvalue weighted by atomic mass is 10.1. The molecule has 0 aliphatic rings. The van der Waals surface area contributed by atoms with E-state index in [0.29, 0.717) is 0 Å². The van der Waals surface area contributed by atoms with Crippen molar-refractivity contribution in [2.45, 2.75) is 33.2 Å². The van der Waals surface area contributed by atoms with E-state index in [2.05, 4.69) is 35.5 Å². The largest absolute Gasteiger partial charge is 0.330 e. The lowest BCUT2D eigenvalue weighted by Crippen LogP contribution is -2.32. The van der Waals surface area contributed by atoms with Crippen molar-refractivity contribution in [3.05, 3.63) is 29.1 Å². The van der Waals surface area contributed by atoms with Gasteiger partial charge in [0.1, 0.15) is 5.82 Å². The van der Waals surface area contributed by atoms with E-state index in [0.717, 1.165) is 16.9 Å². The van der Waals surface area contributed by atoms with Gasteiger partial charge in [0.25, 0.3) is 0 Å². The minimum absolute atomic E-state index is 0.409. The van der Waals surface area contributed by atoms with Gasteiger partial charge in [0.15, 0.2) is 0 Å². The van der Waals surface area contributed by atoms with Gasteiger partial charge in [-0.25, -0.2) is 4.98 Å². The first-order chi connectivity index (χ1) is 7.32. The molecular formula is C13H19N3. The average molecular weight is 217 g/mol. The molecule has 0 fully saturated rings. The number of rotatable bonds is 1. The maximum Gasteiger partial charge on any atom is 0.129 e. The second-order valence-corrected chi connectivity index (χ2v) is 5.09. The molecule has 0 saturated heterocycles. The van der Waals surface area contributed by atoms with Gasteiger partial charge in [-0.3, -0.25) is 0 Å². The standard InChI is InChI=1S/C13H19N3/c1-8-6-7-10-11(9(8)2)15-12(16(10)5)13(3,4)14/h6-7H,14H2,1-5H3. The summed E-state index contributed by atoms with van der Waals surface area (Å²) in [6, 6.07) is 4.24. The lowest BCUT2D eigenvalue weighted by molar-refractivity contribution is 0.498. The summed E-state index contributed by atoms with van der Waals surface area (Å²) in [5, 5.41) is 0. The van der Waals surface area contributed by atoms with Gasteiger partial charge in [0.05, 0.1) is 16.6 Å². The number of nitrogens with zero attached hydrogens (tertiary/aromatic N) is 2. The van der Waals surface area contributed by atoms with Crippen molar-refractivity contribution < 1.29 is 0 Å². The molecule has 2 aromatic rings. The molecule has 0 amide bonds. The Morgan fingerprint density at radius 1 is 1.25 bits per heavy atom. The number of hydrogen-bond acceptors (Lipinski definition) is 2. The molecule has 1 heterocycles. The Balaban J connectivity index is 2.83. The third-order valence-corrected chi connectivity index (χ3v) is 3.15. The summed E-state index contributed by atoms with van der Waals surface area (Å²) in [5.74, 6) is 0.927. The molecule has 0 aliphatic heterocycles. The lowest BCUT2D eigenvalue weighted by Gasteiger charge is -2.17. The van der Waals surface area contributed by atoms with Crippen LogP contribution in [-0.2, 0) is 12.6 Å². The van der Waals surface area contributed by atoms with E-state index in [1.54, 1.807) is 0 Å². The smallest absolute Gasteiger partial charge is 0.129 e. The van der Waals surface area contributed by atoms with Crippen molar-refractivity contribution in [2.75, 3.05) is 0 Å². The SMILES string of the molecule is Cc1ccc2c(nc(C(C)(C)N)n2C)c1C. The first-order valence-electron chi connectivity index (χ1n) is 5.54. The summed E-state index contributed by atoms with van der Waals surface area (Å²) < 4.78 is 2.09. The highest BCUT2D eigenvalue weighted by Crippen LogP contribution is 2.25. The van der Waals surface area contributed by atoms with Crippen molar-refractivity contribution in [1.29, 1.82) is 0 Å². The Bertz CT molecular complexity index is 544. The summed E-state index contributed by atoms with van der Waals surface area (Å²) >= 11 is 0. The van der Waals surface area contributed by atoms with Crippen LogP contribution in [0.3, 0.4) is 0 Å². The fraction of sp³-hybridized carbons (Fsp3) is 0.462. The Kier molecular flexibility index (Phi) is 2.31. The fourth-order valence-corrected chi connectivity index (χ4v) is 2.07. The molecule has 0 atom stereocenters. The van der Waals surface area contributed by atoms with E-state index in [4.69, 9.17) is 5.73 Å². The van der Waals surface area contributed by atoms with Crippen LogP contribution in [0.5, 0.6) is 0 Å². The summed E-state index contributed by atoms with van der Waals surface area (Å²) in [4.78, 5) is 4.68. The van der Waals surface area contributed by atoms with Crippen molar-refractivity contribution in [1.82, 2.24) is 9.55 Å². The van der Waals surface area contributed by atoms with Gasteiger partial charge in [-0.1, -0.05) is 6.07 Å². The molecule has 2 N–H and O–H groups in total. The van der Waals surface area contributed by atoms with Crippen LogP contribution in [0, 0.1) is 13.8 Å². The topological polar surface area (TPSA) is 43.8 Å². The van der Waals surface area contributed by atoms with Crippen molar-refractivity contribution >= 4 is 11.0 Å². The van der Waals surface area contributed by atoms with E-state index >= 15 is 0 Å². The van der Waals surface area contributed by atoms with E-state index < -0.39 is 5.54 Å². The number of aryl methyl sites for hydroxylation is 3. The molecule has 3 heteroatoms. The van der Waals surface area contributed by atoms with Crippen molar-refractivity contribution in [3.8, 4) is 0 Å². The van der Waals surface area contributed by atoms with Gasteiger partial charge < -0.3 is 10.3 Å². The number of benzene rings is 1. The first-order valence-corrected chi connectivity index (χ1v) is 5.54. The third kappa shape index (κ3) is 1.52. The summed E-state index contributed by atoms with van der Waals surface area (Å²) in [6.07, 6.45) is 0. The van der Waals surface area contributed by atoms with Crippen LogP contribution in [-0.4, -0.2) is 9.55 Å². The number of imidazole rings is 1. The zero-order valence-electron chi connectivity index (χ0n) is 10.6. The van der Waals surface area contributed by atoms with Crippen LogP contribution in [0.4, 0.5) is 0 Å². The molecule has 86 valence electrons. The van der Waals surface area contributed by atoms with Gasteiger partial charge in [-0.05, 0) is 44.9 Å². The number of hydrogen-bond donors (Lipinski definition) is 1. The second-order valence-electron chi connectivity index (χ2n) is 5.09. The van der Waals surface area contributed by atoms with Crippen molar-refractivity contribution in [3.63, 3.8) is 0 Å². The number of nitrogens with two attached hydrogens (primary N) is 1. The Morgan fingerprint density at radius 3 is 2.44 bits per heavy atom. The first kappa shape index (κ1) is 11.1. The number of aromatic nitrogens is 2. The fourth-order valence-electron chi connectivity index (χ4n) is 2.07. The third-order valence-electron chi connectivity index (χ3n) is 3.15. The Hall–Kier alpha value is -1.35. The van der Waals surface area contributed by atoms with E-state index in [9.17, 15) is 0 Å². The van der Waals surface area contributed by atoms with Gasteiger partial charge in [0.2, 0.25) is 0 Å². The quantitative estimate of drug-likeness (QED) is 0.797. The van der Waals surface area contributed by atoms with Crippen LogP contribution < -0.4 is 5.73 Å². The molecule has 1 aromatic heterocycles. The molecule has 16 heavy (non-hydrogen) atoms. The van der Waals surface area contributed by atoms with Crippen LogP contribution in [0.2, 0.25) is 0 Å². The zero-order valence-corrected chi connectivity index (χ0v) is 10.6. The molecule has 0 saturated carbocycles. The molecule has 0 radical (unpaired) electrons. The Morgan fingerprint density at radius 2 is 1.88 bits per heavy atom. The molecular weight excluding hydrogens is 198 g/mol. The maximum atomic E-state index is 6.13. The van der Waals surface area contributed by atoms with E-state index in [1.807, 2.05) is 20.9 Å². The molecule has 3 nitrogen and oxygen atoms in total. The van der Waals surface area contributed by atoms with E-state index in [-0.39, 0.29) is 0 Å². The van der Waals surface area contributed by atoms with Gasteiger partial charge in [0, 0.05) is 7.05 Å². The van der Waals surface area contributed by atoms with Crippen LogP contribution in [0.25, 0.3) is 11.0 Å². The van der Waals surface area contributed by atoms with Crippen LogP contribution in [0.1, 0.15) is 30.8 Å². The molecule has 0 aliphatic carbocycles. The summed E-state index contributed by atoms with van der Waals surface area (Å²) in [7, 11) is 2.02. The van der Waals surface area contributed by atoms with Gasteiger partial charge in [-0.2, -0.15) is 0 Å². The average Bonchev–Trinajstić information content (AvgIpc) is 2.50. The maximum absolute atomic E-state index is 6.13. The van der Waals surface area contributed by atoms with Crippen LogP contribution in [0.15, 0.2) is 12.1 Å². The molecule has 2 rings (SSSR count). The predicted octanol–water partition coefficient (Wildman–Crippen LogP) is 2.38. The minimum atomic E-state index is -0.409. The highest BCUT2D eigenvalue weighted by Gasteiger charge is 2.22. The second kappa shape index (κ2) is 3.32. The summed E-state index contributed by atoms with van der Waals surface area (Å²) in [5.41, 5.74) is 10.4. The highest BCUT2D eigenvalue weighted by molar-refractivity contribution is 5.80. The number of fused-ring (bicyclic) bond motifs is 1. The van der Waals surface area contributed by atoms with Gasteiger partial charge >= 0.3 is 0 Å². The van der Waals surface area contributed by atoms with E-state index in [1.165, 1.54) is 11.1 Å². The predicted molar refractivity (Wildman–Crippen MR) is 67.4 cm³/mol. The Labute approximate surface area is 96.3 Å². The highest BCUT2D eigenvalue weighted by atomic mass is 15.1. The monoisotopic (exact) mass is 217 g/mol. The molecule has 1 aromatic carbocycles. The van der Waals surface area contributed by atoms with Crippen molar-refractivity contribution in [2.24, 2.45) is 12.8 Å². The zero-order chi connectivity index (χ0) is 12.1. The van der Waals surface area contributed by atoms with Gasteiger partial charge in [-0.15, -0.1) is 0 Å². The summed E-state index contributed by atoms with van der Waals surface area (Å²) in [6.45, 7) is 8.18. The van der Waals surface area contributed by atoms with Crippen LogP contribution >= 0.6 is 0 Å². The molecule has 0 spiro atoms. The normalized spacial score (nSPS) is 12.4. The molecule has 0 bridgehead atoms.